The lowest BCUT2D eigenvalue weighted by atomic mass is 10.2. The predicted molar refractivity (Wildman–Crippen MR) is 84.4 cm³/mol. The number of fused-ring (bicyclic) bond motifs is 1. The molecule has 0 radical (unpaired) electrons. The van der Waals surface area contributed by atoms with Gasteiger partial charge in [0.15, 0.2) is 0 Å². The Bertz CT molecular complexity index is 927. The highest BCUT2D eigenvalue weighted by molar-refractivity contribution is 7.89. The summed E-state index contributed by atoms with van der Waals surface area (Å²) in [7, 11) is -3.66. The first-order chi connectivity index (χ1) is 11.1. The lowest BCUT2D eigenvalue weighted by Crippen LogP contribution is -2.35. The number of furan rings is 1. The van der Waals surface area contributed by atoms with Crippen LogP contribution in [0.3, 0.4) is 0 Å². The van der Waals surface area contributed by atoms with Gasteiger partial charge < -0.3 is 4.42 Å². The van der Waals surface area contributed by atoms with Crippen molar-refractivity contribution in [2.24, 2.45) is 0 Å². The Labute approximate surface area is 134 Å². The van der Waals surface area contributed by atoms with E-state index in [9.17, 15) is 8.42 Å². The van der Waals surface area contributed by atoms with Gasteiger partial charge in [-0.05, 0) is 44.0 Å². The predicted octanol–water partition coefficient (Wildman–Crippen LogP) is 2.84. The number of hydrogen-bond donors (Lipinski definition) is 0. The van der Waals surface area contributed by atoms with Gasteiger partial charge in [-0.1, -0.05) is 6.07 Å². The fourth-order valence-electron chi connectivity index (χ4n) is 2.93. The Morgan fingerprint density at radius 3 is 2.83 bits per heavy atom. The van der Waals surface area contributed by atoms with E-state index < -0.39 is 10.0 Å². The maximum absolute atomic E-state index is 13.3. The van der Waals surface area contributed by atoms with Crippen LogP contribution in [-0.2, 0) is 10.0 Å². The first-order valence-corrected chi connectivity index (χ1v) is 9.02. The van der Waals surface area contributed by atoms with Crippen molar-refractivity contribution in [1.29, 1.82) is 0 Å². The first kappa shape index (κ1) is 14.5. The second kappa shape index (κ2) is 5.21. The Morgan fingerprint density at radius 2 is 2.13 bits per heavy atom. The van der Waals surface area contributed by atoms with E-state index in [2.05, 4.69) is 5.10 Å². The fraction of sp³-hybridized carbons (Fsp3) is 0.312. The highest BCUT2D eigenvalue weighted by Crippen LogP contribution is 2.39. The zero-order chi connectivity index (χ0) is 16.0. The first-order valence-electron chi connectivity index (χ1n) is 7.58. The minimum absolute atomic E-state index is 0.0266. The zero-order valence-electron chi connectivity index (χ0n) is 12.7. The molecule has 1 aliphatic rings. The second-order valence-electron chi connectivity index (χ2n) is 5.80. The molecule has 1 fully saturated rings. The maximum atomic E-state index is 13.3. The normalized spacial score (nSPS) is 17.0. The van der Waals surface area contributed by atoms with E-state index in [-0.39, 0.29) is 17.0 Å². The van der Waals surface area contributed by atoms with E-state index >= 15 is 0 Å². The Balaban J connectivity index is 1.82. The van der Waals surface area contributed by atoms with Gasteiger partial charge in [0, 0.05) is 12.2 Å². The van der Waals surface area contributed by atoms with Crippen molar-refractivity contribution >= 4 is 15.5 Å². The van der Waals surface area contributed by atoms with Gasteiger partial charge in [0.05, 0.1) is 24.0 Å². The molecule has 0 amide bonds. The molecule has 120 valence electrons. The Morgan fingerprint density at radius 1 is 1.30 bits per heavy atom. The minimum Gasteiger partial charge on any atom is -0.468 e. The van der Waals surface area contributed by atoms with Crippen LogP contribution in [0.4, 0.5) is 0 Å². The standard InChI is InChI=1S/C16H17N3O3S/c1-12(15-6-4-10-22-15)19(13-7-8-13)23(20,21)16-11-17-18-9-3-2-5-14(16)18/h2-6,9-13H,7-8H2,1H3. The van der Waals surface area contributed by atoms with Gasteiger partial charge in [-0.3, -0.25) is 0 Å². The molecule has 1 atom stereocenters. The molecule has 1 aliphatic carbocycles. The van der Waals surface area contributed by atoms with Gasteiger partial charge in [0.25, 0.3) is 0 Å². The highest BCUT2D eigenvalue weighted by atomic mass is 32.2. The number of pyridine rings is 1. The van der Waals surface area contributed by atoms with Crippen LogP contribution in [0.2, 0.25) is 0 Å². The molecule has 7 heteroatoms. The molecule has 0 saturated heterocycles. The molecule has 6 nitrogen and oxygen atoms in total. The molecular weight excluding hydrogens is 314 g/mol. The van der Waals surface area contributed by atoms with Crippen LogP contribution >= 0.6 is 0 Å². The lowest BCUT2D eigenvalue weighted by Gasteiger charge is -2.26. The van der Waals surface area contributed by atoms with Crippen LogP contribution in [0.5, 0.6) is 0 Å². The van der Waals surface area contributed by atoms with Crippen LogP contribution < -0.4 is 0 Å². The van der Waals surface area contributed by atoms with E-state index in [1.807, 2.05) is 25.1 Å². The average Bonchev–Trinajstić information content (AvgIpc) is 3.07. The lowest BCUT2D eigenvalue weighted by molar-refractivity contribution is 0.293. The van der Waals surface area contributed by atoms with E-state index in [1.54, 1.807) is 33.4 Å². The number of sulfonamides is 1. The molecule has 1 unspecified atom stereocenters. The summed E-state index contributed by atoms with van der Waals surface area (Å²) < 4.78 is 35.1. The van der Waals surface area contributed by atoms with Crippen molar-refractivity contribution in [2.75, 3.05) is 0 Å². The van der Waals surface area contributed by atoms with Gasteiger partial charge in [-0.15, -0.1) is 0 Å². The number of aromatic nitrogens is 2. The highest BCUT2D eigenvalue weighted by Gasteiger charge is 2.43. The van der Waals surface area contributed by atoms with Gasteiger partial charge in [-0.25, -0.2) is 12.9 Å². The molecule has 0 spiro atoms. The largest absolute Gasteiger partial charge is 0.468 e. The third-order valence-corrected chi connectivity index (χ3v) is 6.23. The van der Waals surface area contributed by atoms with Crippen molar-refractivity contribution in [1.82, 2.24) is 13.9 Å². The van der Waals surface area contributed by atoms with Gasteiger partial charge in [-0.2, -0.15) is 9.40 Å². The van der Waals surface area contributed by atoms with Gasteiger partial charge >= 0.3 is 0 Å². The molecule has 23 heavy (non-hydrogen) atoms. The topological polar surface area (TPSA) is 67.8 Å². The van der Waals surface area contributed by atoms with Crippen molar-refractivity contribution in [3.05, 3.63) is 54.7 Å². The molecule has 4 rings (SSSR count). The molecule has 3 aromatic rings. The summed E-state index contributed by atoms with van der Waals surface area (Å²) in [4.78, 5) is 0.239. The molecule has 3 heterocycles. The third kappa shape index (κ3) is 2.36. The zero-order valence-corrected chi connectivity index (χ0v) is 13.5. The molecule has 0 aliphatic heterocycles. The SMILES string of the molecule is CC(c1ccco1)N(C1CC1)S(=O)(=O)c1cnn2ccccc12. The van der Waals surface area contributed by atoms with Gasteiger partial charge in [0.2, 0.25) is 10.0 Å². The van der Waals surface area contributed by atoms with E-state index in [0.29, 0.717) is 11.3 Å². The molecule has 0 bridgehead atoms. The van der Waals surface area contributed by atoms with Crippen LogP contribution in [0, 0.1) is 0 Å². The Kier molecular flexibility index (Phi) is 3.28. The van der Waals surface area contributed by atoms with Gasteiger partial charge in [0.1, 0.15) is 10.7 Å². The van der Waals surface area contributed by atoms with Crippen molar-refractivity contribution in [2.45, 2.75) is 36.7 Å². The van der Waals surface area contributed by atoms with E-state index in [1.165, 1.54) is 6.20 Å². The van der Waals surface area contributed by atoms with E-state index in [0.717, 1.165) is 12.8 Å². The number of nitrogens with zero attached hydrogens (tertiary/aromatic N) is 3. The fourth-order valence-corrected chi connectivity index (χ4v) is 4.88. The quantitative estimate of drug-likeness (QED) is 0.721. The minimum atomic E-state index is -3.66. The molecule has 1 saturated carbocycles. The Hall–Kier alpha value is -2.12. The number of rotatable bonds is 5. The average molecular weight is 331 g/mol. The van der Waals surface area contributed by atoms with Crippen molar-refractivity contribution < 1.29 is 12.8 Å². The summed E-state index contributed by atoms with van der Waals surface area (Å²) in [5, 5.41) is 4.16. The van der Waals surface area contributed by atoms with Crippen LogP contribution in [-0.4, -0.2) is 28.4 Å². The molecular formula is C16H17N3O3S. The van der Waals surface area contributed by atoms with Crippen molar-refractivity contribution in [3.8, 4) is 0 Å². The number of hydrogen-bond acceptors (Lipinski definition) is 4. The van der Waals surface area contributed by atoms with E-state index in [4.69, 9.17) is 4.42 Å². The van der Waals surface area contributed by atoms with Crippen LogP contribution in [0.1, 0.15) is 31.6 Å². The summed E-state index contributed by atoms with van der Waals surface area (Å²) in [5.74, 6) is 0.650. The molecule has 3 aromatic heterocycles. The summed E-state index contributed by atoms with van der Waals surface area (Å²) in [6, 6.07) is 8.67. The summed E-state index contributed by atoms with van der Waals surface area (Å²) in [6.45, 7) is 1.86. The second-order valence-corrected chi connectivity index (χ2v) is 7.61. The van der Waals surface area contributed by atoms with Crippen LogP contribution in [0.25, 0.3) is 5.52 Å². The summed E-state index contributed by atoms with van der Waals surface area (Å²) in [5.41, 5.74) is 0.588. The third-order valence-electron chi connectivity index (χ3n) is 4.19. The molecule has 0 aromatic carbocycles. The van der Waals surface area contributed by atoms with Crippen LogP contribution in [0.15, 0.2) is 58.3 Å². The summed E-state index contributed by atoms with van der Waals surface area (Å²) in [6.07, 6.45) is 6.49. The smallest absolute Gasteiger partial charge is 0.247 e. The summed E-state index contributed by atoms with van der Waals surface area (Å²) >= 11 is 0. The van der Waals surface area contributed by atoms with Crippen molar-refractivity contribution in [3.63, 3.8) is 0 Å². The maximum Gasteiger partial charge on any atom is 0.247 e. The molecule has 0 N–H and O–H groups in total. The monoisotopic (exact) mass is 331 g/mol.